The van der Waals surface area contributed by atoms with Crippen LogP contribution in [0.3, 0.4) is 0 Å². The van der Waals surface area contributed by atoms with E-state index in [2.05, 4.69) is 0 Å². The SMILES string of the molecule is O=C(c1ccccc1)N(Cc1ccc(SC(F)(F)F)cc1)Cc1ccc(SC(F)(F)F)cc1. The summed E-state index contributed by atoms with van der Waals surface area (Å²) in [6, 6.07) is 19.9. The average molecular weight is 502 g/mol. The predicted octanol–water partition coefficient (Wildman–Crippen LogP) is 7.75. The van der Waals surface area contributed by atoms with Crippen LogP contribution in [0, 0.1) is 0 Å². The Kier molecular flexibility index (Phi) is 8.01. The molecule has 0 saturated carbocycles. The van der Waals surface area contributed by atoms with E-state index in [1.165, 1.54) is 53.4 Å². The van der Waals surface area contributed by atoms with E-state index in [-0.39, 0.29) is 52.3 Å². The number of alkyl halides is 6. The molecule has 10 heteroatoms. The summed E-state index contributed by atoms with van der Waals surface area (Å²) >= 11 is -0.447. The van der Waals surface area contributed by atoms with Crippen LogP contribution in [0.1, 0.15) is 21.5 Å². The number of amides is 1. The zero-order valence-corrected chi connectivity index (χ0v) is 18.5. The zero-order valence-electron chi connectivity index (χ0n) is 16.9. The van der Waals surface area contributed by atoms with Gasteiger partial charge >= 0.3 is 11.0 Å². The number of hydrogen-bond donors (Lipinski definition) is 0. The van der Waals surface area contributed by atoms with Crippen LogP contribution in [-0.4, -0.2) is 21.8 Å². The fourth-order valence-electron chi connectivity index (χ4n) is 3.00. The second kappa shape index (κ2) is 10.6. The molecule has 0 saturated heterocycles. The molecule has 0 aliphatic rings. The van der Waals surface area contributed by atoms with Gasteiger partial charge in [0.15, 0.2) is 0 Å². The van der Waals surface area contributed by atoms with Crippen LogP contribution in [0.4, 0.5) is 26.3 Å². The summed E-state index contributed by atoms with van der Waals surface area (Å²) in [6.45, 7) is 0.230. The smallest absolute Gasteiger partial charge is 0.330 e. The van der Waals surface area contributed by atoms with E-state index in [4.69, 9.17) is 0 Å². The van der Waals surface area contributed by atoms with Gasteiger partial charge in [0.25, 0.3) is 5.91 Å². The van der Waals surface area contributed by atoms with Crippen molar-refractivity contribution in [3.63, 3.8) is 0 Å². The summed E-state index contributed by atoms with van der Waals surface area (Å²) in [5.41, 5.74) is -7.13. The maximum Gasteiger partial charge on any atom is 0.446 e. The van der Waals surface area contributed by atoms with Gasteiger partial charge in [-0.2, -0.15) is 26.3 Å². The molecule has 0 bridgehead atoms. The molecule has 0 N–H and O–H groups in total. The Labute approximate surface area is 195 Å². The maximum absolute atomic E-state index is 13.1. The molecule has 3 aromatic carbocycles. The molecular formula is C23H17F6NOS2. The molecule has 33 heavy (non-hydrogen) atoms. The van der Waals surface area contributed by atoms with Crippen molar-refractivity contribution >= 4 is 29.4 Å². The van der Waals surface area contributed by atoms with Crippen LogP contribution in [-0.2, 0) is 13.1 Å². The highest BCUT2D eigenvalue weighted by molar-refractivity contribution is 8.00. The highest BCUT2D eigenvalue weighted by Gasteiger charge is 2.30. The van der Waals surface area contributed by atoms with Crippen molar-refractivity contribution in [2.45, 2.75) is 33.9 Å². The van der Waals surface area contributed by atoms with Crippen molar-refractivity contribution in [2.75, 3.05) is 0 Å². The molecule has 0 unspecified atom stereocenters. The van der Waals surface area contributed by atoms with Crippen molar-refractivity contribution in [1.82, 2.24) is 4.90 Å². The molecule has 0 radical (unpaired) electrons. The summed E-state index contributed by atoms with van der Waals surface area (Å²) < 4.78 is 75.3. The molecule has 0 atom stereocenters. The van der Waals surface area contributed by atoms with Crippen LogP contribution in [0.2, 0.25) is 0 Å². The molecule has 0 heterocycles. The van der Waals surface area contributed by atoms with Crippen molar-refractivity contribution in [3.8, 4) is 0 Å². The van der Waals surface area contributed by atoms with Gasteiger partial charge in [-0.25, -0.2) is 0 Å². The molecule has 0 aliphatic heterocycles. The van der Waals surface area contributed by atoms with Gasteiger partial charge in [0.2, 0.25) is 0 Å². The first-order valence-electron chi connectivity index (χ1n) is 9.52. The van der Waals surface area contributed by atoms with Gasteiger partial charge < -0.3 is 4.90 Å². The lowest BCUT2D eigenvalue weighted by Gasteiger charge is -2.23. The Morgan fingerprint density at radius 2 is 1.03 bits per heavy atom. The van der Waals surface area contributed by atoms with Gasteiger partial charge in [-0.15, -0.1) is 0 Å². The number of halogens is 6. The third-order valence-corrected chi connectivity index (χ3v) is 5.85. The largest absolute Gasteiger partial charge is 0.446 e. The second-order valence-electron chi connectivity index (χ2n) is 6.91. The molecule has 2 nitrogen and oxygen atoms in total. The third kappa shape index (κ3) is 8.36. The van der Waals surface area contributed by atoms with Gasteiger partial charge in [-0.1, -0.05) is 42.5 Å². The van der Waals surface area contributed by atoms with Crippen molar-refractivity contribution in [2.24, 2.45) is 0 Å². The minimum absolute atomic E-state index is 0.0324. The summed E-state index contributed by atoms with van der Waals surface area (Å²) in [5, 5.41) is 0. The molecule has 0 fully saturated rings. The van der Waals surface area contributed by atoms with Crippen LogP contribution in [0.15, 0.2) is 88.7 Å². The van der Waals surface area contributed by atoms with Crippen LogP contribution >= 0.6 is 23.5 Å². The van der Waals surface area contributed by atoms with Crippen LogP contribution < -0.4 is 0 Å². The first kappa shape index (κ1) is 25.0. The third-order valence-electron chi connectivity index (χ3n) is 4.37. The molecule has 174 valence electrons. The van der Waals surface area contributed by atoms with Crippen molar-refractivity contribution < 1.29 is 31.1 Å². The maximum atomic E-state index is 13.1. The van der Waals surface area contributed by atoms with Gasteiger partial charge in [-0.05, 0) is 71.0 Å². The lowest BCUT2D eigenvalue weighted by Crippen LogP contribution is -2.30. The number of thioether (sulfide) groups is 2. The van der Waals surface area contributed by atoms with E-state index in [9.17, 15) is 31.1 Å². The number of rotatable bonds is 7. The lowest BCUT2D eigenvalue weighted by molar-refractivity contribution is -0.0337. The van der Waals surface area contributed by atoms with Crippen LogP contribution in [0.25, 0.3) is 0 Å². The molecule has 3 aromatic rings. The predicted molar refractivity (Wildman–Crippen MR) is 117 cm³/mol. The fraction of sp³-hybridized carbons (Fsp3) is 0.174. The number of benzene rings is 3. The number of nitrogens with zero attached hydrogens (tertiary/aromatic N) is 1. The number of carbonyl (C=O) groups excluding carboxylic acids is 1. The lowest BCUT2D eigenvalue weighted by atomic mass is 10.1. The molecular weight excluding hydrogens is 484 g/mol. The van der Waals surface area contributed by atoms with Gasteiger partial charge in [-0.3, -0.25) is 4.79 Å². The fourth-order valence-corrected chi connectivity index (χ4v) is 4.08. The van der Waals surface area contributed by atoms with E-state index < -0.39 is 11.0 Å². The Morgan fingerprint density at radius 3 is 1.39 bits per heavy atom. The number of carbonyl (C=O) groups is 1. The molecule has 3 rings (SSSR count). The molecule has 1 amide bonds. The minimum Gasteiger partial charge on any atom is -0.330 e. The quantitative estimate of drug-likeness (QED) is 0.244. The highest BCUT2D eigenvalue weighted by atomic mass is 32.2. The van der Waals surface area contributed by atoms with E-state index in [1.807, 2.05) is 0 Å². The molecule has 0 aromatic heterocycles. The standard InChI is InChI=1S/C23H17F6NOS2/c24-22(25,26)32-19-10-6-16(7-11-19)14-30(21(31)18-4-2-1-3-5-18)15-17-8-12-20(13-9-17)33-23(27,28)29/h1-13H,14-15H2. The van der Waals surface area contributed by atoms with Crippen molar-refractivity contribution in [3.05, 3.63) is 95.6 Å². The van der Waals surface area contributed by atoms with E-state index in [0.29, 0.717) is 16.7 Å². The highest BCUT2D eigenvalue weighted by Crippen LogP contribution is 2.37. The van der Waals surface area contributed by atoms with Crippen LogP contribution in [0.5, 0.6) is 0 Å². The monoisotopic (exact) mass is 501 g/mol. The summed E-state index contributed by atoms with van der Waals surface area (Å²) in [4.78, 5) is 14.6. The summed E-state index contributed by atoms with van der Waals surface area (Å²) in [7, 11) is 0. The Balaban J connectivity index is 1.79. The van der Waals surface area contributed by atoms with Gasteiger partial charge in [0.05, 0.1) is 0 Å². The summed E-state index contributed by atoms with van der Waals surface area (Å²) in [5.74, 6) is -0.307. The minimum atomic E-state index is -4.40. The van der Waals surface area contributed by atoms with E-state index in [1.54, 1.807) is 30.3 Å². The Hall–Kier alpha value is -2.59. The topological polar surface area (TPSA) is 20.3 Å². The zero-order chi connectivity index (χ0) is 24.1. The van der Waals surface area contributed by atoms with Gasteiger partial charge in [0, 0.05) is 28.4 Å². The average Bonchev–Trinajstić information content (AvgIpc) is 2.74. The molecule has 0 aliphatic carbocycles. The first-order valence-corrected chi connectivity index (χ1v) is 11.2. The van der Waals surface area contributed by atoms with E-state index in [0.717, 1.165) is 0 Å². The summed E-state index contributed by atoms with van der Waals surface area (Å²) in [6.07, 6.45) is 0. The van der Waals surface area contributed by atoms with Crippen molar-refractivity contribution in [1.29, 1.82) is 0 Å². The molecule has 0 spiro atoms. The second-order valence-corrected chi connectivity index (χ2v) is 9.19. The number of hydrogen-bond acceptors (Lipinski definition) is 3. The Morgan fingerprint density at radius 1 is 0.636 bits per heavy atom. The van der Waals surface area contributed by atoms with Gasteiger partial charge in [0.1, 0.15) is 0 Å². The first-order chi connectivity index (χ1) is 15.5. The normalized spacial score (nSPS) is 11.9. The Bertz CT molecular complexity index is 990. The van der Waals surface area contributed by atoms with E-state index >= 15 is 0 Å².